The minimum Gasteiger partial charge on any atom is -0.491 e. The molecular formula is C15H23NO3. The highest BCUT2D eigenvalue weighted by Gasteiger charge is 2.23. The Morgan fingerprint density at radius 3 is 2.53 bits per heavy atom. The second kappa shape index (κ2) is 6.89. The van der Waals surface area contributed by atoms with Gasteiger partial charge in [0.1, 0.15) is 18.5 Å². The van der Waals surface area contributed by atoms with Crippen molar-refractivity contribution in [2.75, 3.05) is 26.2 Å². The number of hydrogen-bond donors (Lipinski definition) is 1. The number of nitrogens with zero attached hydrogens (tertiary/aromatic N) is 1. The molecule has 0 spiro atoms. The molecule has 2 rings (SSSR count). The number of hydrogen-bond acceptors (Lipinski definition) is 4. The fraction of sp³-hybridized carbons (Fsp3) is 0.600. The van der Waals surface area contributed by atoms with Crippen LogP contribution >= 0.6 is 0 Å². The van der Waals surface area contributed by atoms with E-state index >= 15 is 0 Å². The first-order chi connectivity index (χ1) is 9.13. The minimum absolute atomic E-state index is 0.228. The predicted molar refractivity (Wildman–Crippen MR) is 74.4 cm³/mol. The van der Waals surface area contributed by atoms with Crippen molar-refractivity contribution < 1.29 is 14.6 Å². The predicted octanol–water partition coefficient (Wildman–Crippen LogP) is 1.54. The van der Waals surface area contributed by atoms with Gasteiger partial charge in [-0.1, -0.05) is 18.2 Å². The van der Waals surface area contributed by atoms with Crippen LogP contribution in [0.15, 0.2) is 30.3 Å². The van der Waals surface area contributed by atoms with Crippen molar-refractivity contribution in [1.82, 2.24) is 4.90 Å². The Bertz CT molecular complexity index is 361. The van der Waals surface area contributed by atoms with Crippen LogP contribution in [0.1, 0.15) is 13.8 Å². The van der Waals surface area contributed by atoms with Crippen LogP contribution in [0.25, 0.3) is 0 Å². The molecule has 0 radical (unpaired) electrons. The molecule has 3 atom stereocenters. The van der Waals surface area contributed by atoms with Gasteiger partial charge in [-0.15, -0.1) is 0 Å². The van der Waals surface area contributed by atoms with Gasteiger partial charge in [0, 0.05) is 19.6 Å². The van der Waals surface area contributed by atoms with E-state index in [-0.39, 0.29) is 12.2 Å². The molecule has 1 fully saturated rings. The van der Waals surface area contributed by atoms with Crippen LogP contribution < -0.4 is 4.74 Å². The third-order valence-electron chi connectivity index (χ3n) is 3.15. The first kappa shape index (κ1) is 14.3. The summed E-state index contributed by atoms with van der Waals surface area (Å²) >= 11 is 0. The standard InChI is InChI=1S/C15H23NO3/c1-12-8-16(9-13(2)19-12)10-14(17)11-18-15-6-4-3-5-7-15/h3-7,12-14,17H,8-11H2,1-2H3/t12-,13-,14-/m0/s1. The molecule has 0 unspecified atom stereocenters. The summed E-state index contributed by atoms with van der Waals surface area (Å²) in [5.41, 5.74) is 0. The van der Waals surface area contributed by atoms with Crippen molar-refractivity contribution in [2.45, 2.75) is 32.2 Å². The van der Waals surface area contributed by atoms with Gasteiger partial charge in [0.2, 0.25) is 0 Å². The molecule has 106 valence electrons. The molecular weight excluding hydrogens is 242 g/mol. The van der Waals surface area contributed by atoms with Gasteiger partial charge in [-0.3, -0.25) is 4.90 Å². The summed E-state index contributed by atoms with van der Waals surface area (Å²) in [6, 6.07) is 9.58. The zero-order valence-electron chi connectivity index (χ0n) is 11.7. The lowest BCUT2D eigenvalue weighted by molar-refractivity contribution is -0.0786. The molecule has 0 aliphatic carbocycles. The largest absolute Gasteiger partial charge is 0.491 e. The zero-order chi connectivity index (χ0) is 13.7. The topological polar surface area (TPSA) is 41.9 Å². The Morgan fingerprint density at radius 1 is 1.26 bits per heavy atom. The lowest BCUT2D eigenvalue weighted by atomic mass is 10.2. The normalized spacial score (nSPS) is 26.1. The number of β-amino-alcohol motifs (C(OH)–C–C–N with tert-alkyl or cyclic N) is 1. The van der Waals surface area contributed by atoms with Crippen LogP contribution in [-0.4, -0.2) is 54.6 Å². The van der Waals surface area contributed by atoms with Gasteiger partial charge >= 0.3 is 0 Å². The van der Waals surface area contributed by atoms with E-state index in [0.717, 1.165) is 18.8 Å². The van der Waals surface area contributed by atoms with Crippen LogP contribution in [0.4, 0.5) is 0 Å². The molecule has 1 aliphatic rings. The van der Waals surface area contributed by atoms with Gasteiger partial charge in [-0.05, 0) is 26.0 Å². The fourth-order valence-electron chi connectivity index (χ4n) is 2.49. The maximum atomic E-state index is 10.0. The van der Waals surface area contributed by atoms with E-state index in [4.69, 9.17) is 9.47 Å². The number of para-hydroxylation sites is 1. The second-order valence-corrected chi connectivity index (χ2v) is 5.25. The van der Waals surface area contributed by atoms with E-state index in [1.165, 1.54) is 0 Å². The molecule has 1 aliphatic heterocycles. The van der Waals surface area contributed by atoms with E-state index in [9.17, 15) is 5.11 Å². The molecule has 0 saturated carbocycles. The molecule has 4 nitrogen and oxygen atoms in total. The van der Waals surface area contributed by atoms with Gasteiger partial charge in [0.05, 0.1) is 12.2 Å². The molecule has 1 saturated heterocycles. The van der Waals surface area contributed by atoms with Gasteiger partial charge < -0.3 is 14.6 Å². The number of aliphatic hydroxyl groups excluding tert-OH is 1. The van der Waals surface area contributed by atoms with Crippen molar-refractivity contribution in [3.8, 4) is 5.75 Å². The molecule has 0 aromatic heterocycles. The number of rotatable bonds is 5. The summed E-state index contributed by atoms with van der Waals surface area (Å²) in [5.74, 6) is 0.797. The van der Waals surface area contributed by atoms with Crippen LogP contribution in [0.5, 0.6) is 5.75 Å². The first-order valence-electron chi connectivity index (χ1n) is 6.87. The molecule has 19 heavy (non-hydrogen) atoms. The molecule has 0 amide bonds. The summed E-state index contributed by atoms with van der Waals surface area (Å²) in [7, 11) is 0. The molecule has 0 bridgehead atoms. The fourth-order valence-corrected chi connectivity index (χ4v) is 2.49. The maximum Gasteiger partial charge on any atom is 0.119 e. The third-order valence-corrected chi connectivity index (χ3v) is 3.15. The number of morpholine rings is 1. The monoisotopic (exact) mass is 265 g/mol. The van der Waals surface area contributed by atoms with E-state index in [2.05, 4.69) is 18.7 Å². The zero-order valence-corrected chi connectivity index (χ0v) is 11.7. The Kier molecular flexibility index (Phi) is 5.19. The van der Waals surface area contributed by atoms with E-state index < -0.39 is 6.10 Å². The highest BCUT2D eigenvalue weighted by Crippen LogP contribution is 2.12. The molecule has 1 aromatic rings. The summed E-state index contributed by atoms with van der Waals surface area (Å²) < 4.78 is 11.2. The Balaban J connectivity index is 1.73. The van der Waals surface area contributed by atoms with Crippen LogP contribution in [0.2, 0.25) is 0 Å². The Labute approximate surface area is 114 Å². The van der Waals surface area contributed by atoms with Crippen LogP contribution in [-0.2, 0) is 4.74 Å². The van der Waals surface area contributed by atoms with Crippen molar-refractivity contribution in [3.63, 3.8) is 0 Å². The third kappa shape index (κ3) is 4.82. The maximum absolute atomic E-state index is 10.0. The lowest BCUT2D eigenvalue weighted by Crippen LogP contribution is -2.48. The van der Waals surface area contributed by atoms with Crippen molar-refractivity contribution in [2.24, 2.45) is 0 Å². The van der Waals surface area contributed by atoms with E-state index in [1.807, 2.05) is 30.3 Å². The highest BCUT2D eigenvalue weighted by atomic mass is 16.5. The molecule has 1 N–H and O–H groups in total. The molecule has 1 aromatic carbocycles. The van der Waals surface area contributed by atoms with Crippen molar-refractivity contribution in [1.29, 1.82) is 0 Å². The van der Waals surface area contributed by atoms with Crippen molar-refractivity contribution in [3.05, 3.63) is 30.3 Å². The quantitative estimate of drug-likeness (QED) is 0.877. The van der Waals surface area contributed by atoms with Gasteiger partial charge in [-0.2, -0.15) is 0 Å². The van der Waals surface area contributed by atoms with Crippen LogP contribution in [0, 0.1) is 0 Å². The smallest absolute Gasteiger partial charge is 0.119 e. The number of benzene rings is 1. The Morgan fingerprint density at radius 2 is 1.89 bits per heavy atom. The summed E-state index contributed by atoms with van der Waals surface area (Å²) in [5, 5.41) is 10.0. The second-order valence-electron chi connectivity index (χ2n) is 5.25. The first-order valence-corrected chi connectivity index (χ1v) is 6.87. The summed E-state index contributed by atoms with van der Waals surface area (Å²) in [6.45, 7) is 6.82. The van der Waals surface area contributed by atoms with Gasteiger partial charge in [-0.25, -0.2) is 0 Å². The van der Waals surface area contributed by atoms with Gasteiger partial charge in [0.15, 0.2) is 0 Å². The summed E-state index contributed by atoms with van der Waals surface area (Å²) in [4.78, 5) is 2.23. The number of aliphatic hydroxyl groups is 1. The van der Waals surface area contributed by atoms with Gasteiger partial charge in [0.25, 0.3) is 0 Å². The number of ether oxygens (including phenoxy) is 2. The average molecular weight is 265 g/mol. The van der Waals surface area contributed by atoms with Crippen LogP contribution in [0.3, 0.4) is 0 Å². The van der Waals surface area contributed by atoms with Crippen molar-refractivity contribution >= 4 is 0 Å². The highest BCUT2D eigenvalue weighted by molar-refractivity contribution is 5.20. The minimum atomic E-state index is -0.474. The Hall–Kier alpha value is -1.10. The molecule has 4 heteroatoms. The summed E-state index contributed by atoms with van der Waals surface area (Å²) in [6.07, 6.45) is -0.0188. The lowest BCUT2D eigenvalue weighted by Gasteiger charge is -2.36. The van der Waals surface area contributed by atoms with E-state index in [1.54, 1.807) is 0 Å². The SMILES string of the molecule is C[C@H]1CN(C[C@H](O)COc2ccccc2)C[C@H](C)O1. The molecule has 1 heterocycles. The van der Waals surface area contributed by atoms with E-state index in [0.29, 0.717) is 13.2 Å². The average Bonchev–Trinajstić information content (AvgIpc) is 2.36.